The van der Waals surface area contributed by atoms with E-state index in [1.165, 1.54) is 0 Å². The predicted octanol–water partition coefficient (Wildman–Crippen LogP) is 1.89. The maximum atomic E-state index is 9.87. The lowest BCUT2D eigenvalue weighted by Gasteiger charge is -2.43. The highest BCUT2D eigenvalue weighted by Gasteiger charge is 2.30. The van der Waals surface area contributed by atoms with Crippen LogP contribution in [0.15, 0.2) is 12.1 Å². The van der Waals surface area contributed by atoms with Crippen LogP contribution in [0.5, 0.6) is 0 Å². The third-order valence-electron chi connectivity index (χ3n) is 5.67. The quantitative estimate of drug-likeness (QED) is 0.870. The number of nitrogens with one attached hydrogen (secondary N) is 1. The van der Waals surface area contributed by atoms with E-state index in [-0.39, 0.29) is 6.23 Å². The summed E-state index contributed by atoms with van der Waals surface area (Å²) < 4.78 is 11.1. The van der Waals surface area contributed by atoms with Gasteiger partial charge in [0.2, 0.25) is 0 Å². The molecule has 0 aromatic heterocycles. The lowest BCUT2D eigenvalue weighted by Crippen LogP contribution is -2.56. The summed E-state index contributed by atoms with van der Waals surface area (Å²) in [5, 5.41) is 22.9. The number of benzene rings is 1. The molecule has 1 atom stereocenters. The summed E-state index contributed by atoms with van der Waals surface area (Å²) in [7, 11) is 0. The van der Waals surface area contributed by atoms with Crippen molar-refractivity contribution in [1.29, 1.82) is 10.5 Å². The molecule has 4 rings (SSSR count). The van der Waals surface area contributed by atoms with Crippen LogP contribution in [0.3, 0.4) is 0 Å². The van der Waals surface area contributed by atoms with Gasteiger partial charge in [-0.2, -0.15) is 10.5 Å². The Morgan fingerprint density at radius 3 is 2.44 bits per heavy atom. The lowest BCUT2D eigenvalue weighted by molar-refractivity contribution is -0.0660. The first-order chi connectivity index (χ1) is 13.3. The molecule has 3 fully saturated rings. The lowest BCUT2D eigenvalue weighted by atomic mass is 10.0. The fourth-order valence-corrected chi connectivity index (χ4v) is 4.02. The van der Waals surface area contributed by atoms with E-state index in [0.29, 0.717) is 17.2 Å². The van der Waals surface area contributed by atoms with Gasteiger partial charge in [-0.15, -0.1) is 0 Å². The number of hydrogen-bond acceptors (Lipinski definition) is 7. The van der Waals surface area contributed by atoms with Crippen LogP contribution >= 0.6 is 0 Å². The summed E-state index contributed by atoms with van der Waals surface area (Å²) in [4.78, 5) is 4.62. The molecule has 0 bridgehead atoms. The van der Waals surface area contributed by atoms with E-state index < -0.39 is 0 Å². The van der Waals surface area contributed by atoms with E-state index in [4.69, 9.17) is 9.47 Å². The number of rotatable bonds is 4. The highest BCUT2D eigenvalue weighted by molar-refractivity contribution is 5.77. The van der Waals surface area contributed by atoms with Gasteiger partial charge in [-0.1, -0.05) is 0 Å². The summed E-state index contributed by atoms with van der Waals surface area (Å²) in [5.41, 5.74) is 2.62. The Morgan fingerprint density at radius 2 is 1.85 bits per heavy atom. The van der Waals surface area contributed by atoms with Crippen molar-refractivity contribution in [2.75, 3.05) is 56.2 Å². The van der Waals surface area contributed by atoms with Crippen molar-refractivity contribution >= 4 is 11.4 Å². The molecule has 0 spiro atoms. The number of nitrogens with zero attached hydrogens (tertiary/aromatic N) is 4. The number of ether oxygens (including phenoxy) is 2. The molecule has 1 aromatic rings. The van der Waals surface area contributed by atoms with Crippen molar-refractivity contribution < 1.29 is 9.47 Å². The molecule has 1 aromatic carbocycles. The van der Waals surface area contributed by atoms with Crippen molar-refractivity contribution in [1.82, 2.24) is 4.90 Å². The van der Waals surface area contributed by atoms with Gasteiger partial charge in [-0.05, 0) is 31.4 Å². The second-order valence-corrected chi connectivity index (χ2v) is 7.32. The van der Waals surface area contributed by atoms with Crippen LogP contribution in [0.1, 0.15) is 30.4 Å². The minimum Gasteiger partial charge on any atom is -0.378 e. The van der Waals surface area contributed by atoms with Crippen molar-refractivity contribution in [2.45, 2.75) is 31.5 Å². The van der Waals surface area contributed by atoms with Crippen LogP contribution in [0.4, 0.5) is 11.4 Å². The van der Waals surface area contributed by atoms with Gasteiger partial charge in [0.05, 0.1) is 41.8 Å². The zero-order valence-electron chi connectivity index (χ0n) is 15.5. The number of nitriles is 2. The first-order valence-electron chi connectivity index (χ1n) is 9.72. The summed E-state index contributed by atoms with van der Waals surface area (Å²) in [6.45, 7) is 5.84. The topological polar surface area (TPSA) is 84.5 Å². The van der Waals surface area contributed by atoms with E-state index >= 15 is 0 Å². The Bertz CT molecular complexity index is 751. The Balaban J connectivity index is 1.56. The number of anilines is 2. The van der Waals surface area contributed by atoms with E-state index in [9.17, 15) is 10.5 Å². The zero-order valence-corrected chi connectivity index (χ0v) is 15.5. The van der Waals surface area contributed by atoms with E-state index in [1.807, 2.05) is 12.1 Å². The molecular formula is C20H25N5O2. The van der Waals surface area contributed by atoms with Crippen LogP contribution in [0.25, 0.3) is 0 Å². The first-order valence-corrected chi connectivity index (χ1v) is 9.72. The fraction of sp³-hybridized carbons (Fsp3) is 0.600. The minimum atomic E-state index is -0.0675. The Morgan fingerprint density at radius 1 is 1.04 bits per heavy atom. The highest BCUT2D eigenvalue weighted by atomic mass is 16.5. The van der Waals surface area contributed by atoms with Gasteiger partial charge in [0, 0.05) is 32.8 Å². The maximum absolute atomic E-state index is 9.87. The molecule has 1 N–H and O–H groups in total. The molecular weight excluding hydrogens is 342 g/mol. The highest BCUT2D eigenvalue weighted by Crippen LogP contribution is 2.33. The van der Waals surface area contributed by atoms with Gasteiger partial charge < -0.3 is 19.7 Å². The van der Waals surface area contributed by atoms with Crippen molar-refractivity contribution in [3.8, 4) is 12.1 Å². The van der Waals surface area contributed by atoms with E-state index in [1.54, 1.807) is 0 Å². The van der Waals surface area contributed by atoms with Gasteiger partial charge in [-0.3, -0.25) is 4.90 Å². The standard InChI is InChI=1S/C20H25N5O2/c21-11-15-4-5-18(23-19-3-1-2-10-27-19)17(12-22)20(15)25-8-6-24(7-9-25)16-13-26-14-16/h4-5,16,19,23H,1-3,6-10,13-14H2. The van der Waals surface area contributed by atoms with Crippen LogP contribution in [-0.2, 0) is 9.47 Å². The smallest absolute Gasteiger partial charge is 0.127 e. The zero-order chi connectivity index (χ0) is 18.6. The maximum Gasteiger partial charge on any atom is 0.127 e. The summed E-state index contributed by atoms with van der Waals surface area (Å²) in [6.07, 6.45) is 3.07. The van der Waals surface area contributed by atoms with Gasteiger partial charge in [0.15, 0.2) is 0 Å². The molecule has 27 heavy (non-hydrogen) atoms. The molecule has 0 aliphatic carbocycles. The molecule has 0 amide bonds. The third kappa shape index (κ3) is 3.72. The normalized spacial score (nSPS) is 23.9. The Kier molecular flexibility index (Phi) is 5.45. The molecule has 0 saturated carbocycles. The van der Waals surface area contributed by atoms with Crippen LogP contribution in [0.2, 0.25) is 0 Å². The summed E-state index contributed by atoms with van der Waals surface area (Å²) in [5.74, 6) is 0. The predicted molar refractivity (Wildman–Crippen MR) is 101 cm³/mol. The van der Waals surface area contributed by atoms with E-state index in [0.717, 1.165) is 76.6 Å². The molecule has 7 heteroatoms. The number of hydrogen-bond donors (Lipinski definition) is 1. The van der Waals surface area contributed by atoms with Gasteiger partial charge in [0.25, 0.3) is 0 Å². The molecule has 3 heterocycles. The molecule has 3 saturated heterocycles. The molecule has 142 valence electrons. The van der Waals surface area contributed by atoms with Crippen molar-refractivity contribution in [2.24, 2.45) is 0 Å². The Labute approximate surface area is 160 Å². The van der Waals surface area contributed by atoms with Crippen molar-refractivity contribution in [3.05, 3.63) is 23.3 Å². The minimum absolute atomic E-state index is 0.0675. The van der Waals surface area contributed by atoms with Gasteiger partial charge in [0.1, 0.15) is 18.4 Å². The second-order valence-electron chi connectivity index (χ2n) is 7.32. The third-order valence-corrected chi connectivity index (χ3v) is 5.67. The Hall–Kier alpha value is -2.32. The molecule has 0 radical (unpaired) electrons. The van der Waals surface area contributed by atoms with Crippen LogP contribution in [0, 0.1) is 22.7 Å². The number of piperazine rings is 1. The van der Waals surface area contributed by atoms with Gasteiger partial charge >= 0.3 is 0 Å². The van der Waals surface area contributed by atoms with Crippen LogP contribution in [-0.4, -0.2) is 63.2 Å². The molecule has 7 nitrogen and oxygen atoms in total. The molecule has 1 unspecified atom stereocenters. The van der Waals surface area contributed by atoms with E-state index in [2.05, 4.69) is 27.3 Å². The average Bonchev–Trinajstić information content (AvgIpc) is 2.68. The largest absolute Gasteiger partial charge is 0.378 e. The first kappa shape index (κ1) is 18.1. The molecule has 3 aliphatic heterocycles. The summed E-state index contributed by atoms with van der Waals surface area (Å²) in [6, 6.07) is 8.78. The molecule has 3 aliphatic rings. The van der Waals surface area contributed by atoms with Gasteiger partial charge in [-0.25, -0.2) is 0 Å². The monoisotopic (exact) mass is 367 g/mol. The van der Waals surface area contributed by atoms with Crippen LogP contribution < -0.4 is 10.2 Å². The summed E-state index contributed by atoms with van der Waals surface area (Å²) >= 11 is 0. The fourth-order valence-electron chi connectivity index (χ4n) is 4.02. The second kappa shape index (κ2) is 8.14. The average molecular weight is 367 g/mol. The van der Waals surface area contributed by atoms with Crippen molar-refractivity contribution in [3.63, 3.8) is 0 Å². The SMILES string of the molecule is N#Cc1ccc(NC2CCCCO2)c(C#N)c1N1CCN(C2COC2)CC1.